The Morgan fingerprint density at radius 3 is 0.703 bits per heavy atom. The van der Waals surface area contributed by atoms with E-state index in [0.29, 0.717) is 0 Å². The van der Waals surface area contributed by atoms with Gasteiger partial charge < -0.3 is 19.2 Å². The fourth-order valence-corrected chi connectivity index (χ4v) is 9.37. The lowest BCUT2D eigenvalue weighted by atomic mass is 9.89. The van der Waals surface area contributed by atoms with Gasteiger partial charge in [-0.25, -0.2) is 0 Å². The first-order chi connectivity index (χ1) is 18.1. The van der Waals surface area contributed by atoms with Gasteiger partial charge in [-0.2, -0.15) is 0 Å². The van der Waals surface area contributed by atoms with Gasteiger partial charge in [0.05, 0.1) is 0 Å². The molecule has 184 valence electrons. The van der Waals surface area contributed by atoms with Gasteiger partial charge in [-0.15, -0.1) is 0 Å². The van der Waals surface area contributed by atoms with Crippen LogP contribution in [0.1, 0.15) is 0 Å². The van der Waals surface area contributed by atoms with Crippen molar-refractivity contribution in [1.29, 1.82) is 0 Å². The van der Waals surface area contributed by atoms with Crippen LogP contribution in [0, 0.1) is 0 Å². The second-order valence-corrected chi connectivity index (χ2v) is 12.4. The molecule has 0 spiro atoms. The van der Waals surface area contributed by atoms with Crippen molar-refractivity contribution in [2.24, 2.45) is 0 Å². The van der Waals surface area contributed by atoms with E-state index in [4.69, 9.17) is 21.0 Å². The van der Waals surface area contributed by atoms with Crippen molar-refractivity contribution >= 4 is 80.6 Å². The lowest BCUT2D eigenvalue weighted by Gasteiger charge is -2.35. The molecular weight excluding hydrogens is 488 g/mol. The Morgan fingerprint density at radius 1 is 0.351 bits per heavy atom. The van der Waals surface area contributed by atoms with Crippen LogP contribution in [0.15, 0.2) is 97.1 Å². The first-order valence-corrected chi connectivity index (χ1v) is 13.6. The quantitative estimate of drug-likeness (QED) is 0.0685. The third-order valence-corrected chi connectivity index (χ3v) is 11.3. The van der Waals surface area contributed by atoms with Gasteiger partial charge in [0, 0.05) is 0 Å². The van der Waals surface area contributed by atoms with Crippen LogP contribution in [0.3, 0.4) is 0 Å². The molecule has 0 fully saturated rings. The van der Waals surface area contributed by atoms with Crippen molar-refractivity contribution in [2.45, 2.75) is 0 Å². The Balaban J connectivity index is 1.98. The van der Waals surface area contributed by atoms with Crippen LogP contribution in [0.25, 0.3) is 0 Å². The Morgan fingerprint density at radius 2 is 0.541 bits per heavy atom. The molecule has 0 saturated heterocycles. The molecule has 0 bridgehead atoms. The highest BCUT2D eigenvalue weighted by Crippen LogP contribution is 2.08. The van der Waals surface area contributed by atoms with E-state index in [1.807, 2.05) is 48.5 Å². The highest BCUT2D eigenvalue weighted by atomic mass is 28.3. The van der Waals surface area contributed by atoms with Crippen molar-refractivity contribution < 1.29 is 40.2 Å². The molecule has 0 aliphatic heterocycles. The van der Waals surface area contributed by atoms with Crippen LogP contribution in [-0.4, -0.2) is 59.0 Å². The maximum atomic E-state index is 8.92. The van der Waals surface area contributed by atoms with Crippen LogP contribution in [0.4, 0.5) is 0 Å². The van der Waals surface area contributed by atoms with Gasteiger partial charge in [0.2, 0.25) is 0 Å². The van der Waals surface area contributed by atoms with Crippen LogP contribution in [-0.2, 0) is 19.2 Å². The topological polar surface area (TPSA) is 118 Å². The minimum atomic E-state index is -2.90. The highest BCUT2D eigenvalue weighted by molar-refractivity contribution is 7.20. The van der Waals surface area contributed by atoms with Crippen molar-refractivity contribution in [2.75, 3.05) is 0 Å². The lowest BCUT2D eigenvalue weighted by molar-refractivity contribution is -0.135. The van der Waals surface area contributed by atoms with Gasteiger partial charge >= 0.3 is 29.9 Å². The second kappa shape index (κ2) is 13.0. The molecule has 8 nitrogen and oxygen atoms in total. The van der Waals surface area contributed by atoms with Crippen molar-refractivity contribution in [3.63, 3.8) is 0 Å². The van der Waals surface area contributed by atoms with Gasteiger partial charge in [-0.1, -0.05) is 97.1 Å². The van der Waals surface area contributed by atoms with Crippen LogP contribution < -0.4 is 42.6 Å². The van der Waals surface area contributed by atoms with E-state index in [1.165, 1.54) is 0 Å². The summed E-state index contributed by atoms with van der Waals surface area (Å²) in [5.74, 6) is 0. The number of hydrogen-bond donors (Lipinski definition) is 4. The summed E-state index contributed by atoms with van der Waals surface area (Å²) >= 11 is 0. The first kappa shape index (κ1) is 27.1. The number of benzene rings is 4. The van der Waals surface area contributed by atoms with E-state index in [0.717, 1.165) is 42.6 Å². The Labute approximate surface area is 217 Å². The van der Waals surface area contributed by atoms with Crippen LogP contribution >= 0.6 is 0 Å². The molecule has 0 aliphatic carbocycles. The van der Waals surface area contributed by atoms with Gasteiger partial charge in [0.1, 0.15) is 0 Å². The van der Waals surface area contributed by atoms with Crippen LogP contribution in [0.5, 0.6) is 0 Å². The van der Waals surface area contributed by atoms with Crippen LogP contribution in [0.2, 0.25) is 0 Å². The third kappa shape index (κ3) is 5.97. The highest BCUT2D eigenvalue weighted by Gasteiger charge is 2.41. The van der Waals surface area contributed by atoms with Gasteiger partial charge in [-0.05, 0) is 42.6 Å². The molecule has 4 aromatic carbocycles. The van der Waals surface area contributed by atoms with Crippen molar-refractivity contribution in [3.05, 3.63) is 97.1 Å². The fraction of sp³-hybridized carbons (Fsp3) is 0. The summed E-state index contributed by atoms with van der Waals surface area (Å²) in [6, 6.07) is 31.9. The van der Waals surface area contributed by atoms with E-state index < -0.39 is 8.07 Å². The predicted molar refractivity (Wildman–Crippen MR) is 152 cm³/mol. The average molecular weight is 512 g/mol. The molecule has 0 saturated carbocycles. The summed E-state index contributed by atoms with van der Waals surface area (Å²) in [6.45, 7) is 0. The zero-order valence-electron chi connectivity index (χ0n) is 20.0. The van der Waals surface area contributed by atoms with E-state index >= 15 is 0 Å². The minimum absolute atomic E-state index is 0.0798. The molecular formula is C24H24B4O8Si. The number of rotatable bonds is 12. The van der Waals surface area contributed by atoms with Crippen molar-refractivity contribution in [3.8, 4) is 0 Å². The van der Waals surface area contributed by atoms with Gasteiger partial charge in [0.25, 0.3) is 0 Å². The Bertz CT molecular complexity index is 1060. The molecule has 4 N–H and O–H groups in total. The van der Waals surface area contributed by atoms with Crippen molar-refractivity contribution in [1.82, 2.24) is 0 Å². The van der Waals surface area contributed by atoms with Gasteiger partial charge in [-0.3, -0.25) is 21.0 Å². The smallest absolute Gasteiger partial charge is 0.306 e. The van der Waals surface area contributed by atoms with Gasteiger partial charge in [0.15, 0.2) is 8.07 Å². The summed E-state index contributed by atoms with van der Waals surface area (Å²) in [6.07, 6.45) is 0. The SMILES string of the molecule is OOBc1ccc([Si](c2ccc(BOO)cc2)(c2ccc(BOO)cc2)c2ccc(BOO)cc2)cc1. The zero-order chi connectivity index (χ0) is 26.1. The Hall–Kier alpha value is -2.96. The first-order valence-electron chi connectivity index (χ1n) is 11.6. The minimum Gasteiger partial charge on any atom is -0.306 e. The van der Waals surface area contributed by atoms with E-state index in [1.54, 1.807) is 0 Å². The zero-order valence-corrected chi connectivity index (χ0v) is 21.0. The van der Waals surface area contributed by atoms with E-state index in [-0.39, 0.29) is 29.9 Å². The largest absolute Gasteiger partial charge is 0.355 e. The molecule has 0 aromatic heterocycles. The average Bonchev–Trinajstić information content (AvgIpc) is 2.93. The van der Waals surface area contributed by atoms with E-state index in [9.17, 15) is 0 Å². The standard InChI is InChI=1S/C24H24B4O8Si/c29-33-25-17-1-9-21(10-2-17)37(22-11-3-18(4-12-22)26-34-30,23-13-5-19(6-14-23)27-35-31)24-15-7-20(8-16-24)28-36-32/h1-16,25-32H. The normalized spacial score (nSPS) is 11.1. The molecule has 0 aliphatic rings. The molecule has 37 heavy (non-hydrogen) atoms. The molecule has 4 rings (SSSR count). The monoisotopic (exact) mass is 512 g/mol. The second-order valence-electron chi connectivity index (χ2n) is 8.63. The summed E-state index contributed by atoms with van der Waals surface area (Å²) in [7, 11) is -2.58. The summed E-state index contributed by atoms with van der Waals surface area (Å²) in [4.78, 5) is 17.3. The molecule has 0 radical (unpaired) electrons. The molecule has 0 amide bonds. The molecule has 0 unspecified atom stereocenters. The summed E-state index contributed by atoms with van der Waals surface area (Å²) in [5.41, 5.74) is 3.32. The summed E-state index contributed by atoms with van der Waals surface area (Å²) < 4.78 is 0. The third-order valence-electron chi connectivity index (χ3n) is 6.47. The molecule has 13 heteroatoms. The lowest BCUT2D eigenvalue weighted by Crippen LogP contribution is -2.75. The molecule has 0 atom stereocenters. The van der Waals surface area contributed by atoms with E-state index in [2.05, 4.69) is 67.8 Å². The molecule has 0 heterocycles. The predicted octanol–water partition coefficient (Wildman–Crippen LogP) is -3.07. The Kier molecular flexibility index (Phi) is 9.53. The maximum absolute atomic E-state index is 8.92. The maximum Gasteiger partial charge on any atom is 0.355 e. The molecule has 4 aromatic rings. The summed E-state index contributed by atoms with van der Waals surface area (Å²) in [5, 5.41) is 40.0. The fourth-order valence-electron chi connectivity index (χ4n) is 4.70. The number of hydrogen-bond acceptors (Lipinski definition) is 8.